The molecule has 1 heterocycles. The molecule has 0 bridgehead atoms. The molecule has 1 unspecified atom stereocenters. The molecular weight excluding hydrogens is 302 g/mol. The first kappa shape index (κ1) is 16.6. The van der Waals surface area contributed by atoms with Crippen LogP contribution in [0.1, 0.15) is 44.1 Å². The van der Waals surface area contributed by atoms with Gasteiger partial charge in [-0.3, -0.25) is 4.79 Å². The van der Waals surface area contributed by atoms with E-state index in [1.165, 1.54) is 38.4 Å². The van der Waals surface area contributed by atoms with Crippen molar-refractivity contribution >= 4 is 11.6 Å². The highest BCUT2D eigenvalue weighted by atomic mass is 16.2. The van der Waals surface area contributed by atoms with Crippen molar-refractivity contribution in [1.82, 2.24) is 14.8 Å². The van der Waals surface area contributed by atoms with Crippen molar-refractivity contribution in [2.45, 2.75) is 51.1 Å². The maximum absolute atomic E-state index is 12.4. The average Bonchev–Trinajstić information content (AvgIpc) is 3.09. The summed E-state index contributed by atoms with van der Waals surface area (Å²) >= 11 is 0. The van der Waals surface area contributed by atoms with Crippen LogP contribution in [0.3, 0.4) is 0 Å². The van der Waals surface area contributed by atoms with Crippen molar-refractivity contribution in [3.05, 3.63) is 42.5 Å². The number of hydrogen-bond donors (Lipinski definition) is 2. The number of nitrogens with zero attached hydrogens (tertiary/aromatic N) is 3. The molecule has 0 spiro atoms. The molecule has 128 valence electrons. The Hall–Kier alpha value is -2.21. The number of anilines is 1. The second-order valence-corrected chi connectivity index (χ2v) is 6.63. The zero-order valence-corrected chi connectivity index (χ0v) is 13.9. The van der Waals surface area contributed by atoms with Crippen molar-refractivity contribution in [1.29, 1.82) is 0 Å². The number of aromatic nitrogens is 3. The summed E-state index contributed by atoms with van der Waals surface area (Å²) in [4.78, 5) is 16.3. The van der Waals surface area contributed by atoms with E-state index in [2.05, 4.69) is 15.4 Å². The molecule has 0 radical (unpaired) electrons. The third-order valence-electron chi connectivity index (χ3n) is 4.65. The summed E-state index contributed by atoms with van der Waals surface area (Å²) in [7, 11) is 0. The van der Waals surface area contributed by atoms with Crippen LogP contribution in [0.4, 0.5) is 5.69 Å². The van der Waals surface area contributed by atoms with E-state index in [4.69, 9.17) is 5.73 Å². The number of rotatable bonds is 6. The fourth-order valence-electron chi connectivity index (χ4n) is 3.37. The molecule has 0 aliphatic heterocycles. The van der Waals surface area contributed by atoms with E-state index < -0.39 is 6.04 Å². The normalized spacial score (nSPS) is 16.7. The van der Waals surface area contributed by atoms with Crippen molar-refractivity contribution < 1.29 is 4.79 Å². The predicted molar refractivity (Wildman–Crippen MR) is 93.4 cm³/mol. The van der Waals surface area contributed by atoms with Crippen LogP contribution in [0, 0.1) is 5.92 Å². The Labute approximate surface area is 142 Å². The maximum atomic E-state index is 12.4. The lowest BCUT2D eigenvalue weighted by Crippen LogP contribution is -2.37. The van der Waals surface area contributed by atoms with Crippen molar-refractivity contribution in [3.8, 4) is 0 Å². The van der Waals surface area contributed by atoms with Gasteiger partial charge in [0.05, 0.1) is 12.6 Å². The van der Waals surface area contributed by atoms with Crippen LogP contribution in [-0.4, -0.2) is 26.7 Å². The first-order valence-electron chi connectivity index (χ1n) is 8.68. The van der Waals surface area contributed by atoms with E-state index in [1.807, 2.05) is 24.3 Å². The number of amides is 1. The number of benzene rings is 1. The van der Waals surface area contributed by atoms with Gasteiger partial charge in [-0.2, -0.15) is 5.10 Å². The van der Waals surface area contributed by atoms with Gasteiger partial charge in [-0.05, 0) is 30.0 Å². The lowest BCUT2D eigenvalue weighted by atomic mass is 9.85. The maximum Gasteiger partial charge on any atom is 0.241 e. The molecule has 3 N–H and O–H groups in total. The summed E-state index contributed by atoms with van der Waals surface area (Å²) in [6.07, 6.45) is 10.2. The number of carbonyl (C=O) groups is 1. The lowest BCUT2D eigenvalue weighted by molar-refractivity contribution is -0.117. The molecule has 1 aromatic carbocycles. The van der Waals surface area contributed by atoms with Gasteiger partial charge in [0.15, 0.2) is 0 Å². The topological polar surface area (TPSA) is 85.8 Å². The van der Waals surface area contributed by atoms with Gasteiger partial charge < -0.3 is 11.1 Å². The quantitative estimate of drug-likeness (QED) is 0.854. The van der Waals surface area contributed by atoms with Crippen LogP contribution >= 0.6 is 0 Å². The molecule has 0 saturated heterocycles. The van der Waals surface area contributed by atoms with E-state index in [-0.39, 0.29) is 5.91 Å². The summed E-state index contributed by atoms with van der Waals surface area (Å²) in [5.74, 6) is 0.497. The molecule has 1 fully saturated rings. The van der Waals surface area contributed by atoms with Crippen LogP contribution in [0.5, 0.6) is 0 Å². The monoisotopic (exact) mass is 327 g/mol. The third-order valence-corrected chi connectivity index (χ3v) is 4.65. The summed E-state index contributed by atoms with van der Waals surface area (Å²) in [5, 5.41) is 7.04. The molecule has 1 amide bonds. The predicted octanol–water partition coefficient (Wildman–Crippen LogP) is 2.56. The van der Waals surface area contributed by atoms with Crippen LogP contribution in [0.25, 0.3) is 0 Å². The zero-order valence-electron chi connectivity index (χ0n) is 13.9. The van der Waals surface area contributed by atoms with Gasteiger partial charge in [-0.15, -0.1) is 0 Å². The molecule has 1 aromatic heterocycles. The second-order valence-electron chi connectivity index (χ2n) is 6.63. The van der Waals surface area contributed by atoms with Crippen LogP contribution in [0.15, 0.2) is 36.9 Å². The van der Waals surface area contributed by atoms with Crippen molar-refractivity contribution in [2.24, 2.45) is 11.7 Å². The van der Waals surface area contributed by atoms with Gasteiger partial charge >= 0.3 is 0 Å². The summed E-state index contributed by atoms with van der Waals surface area (Å²) < 4.78 is 1.75. The Bertz CT molecular complexity index is 649. The van der Waals surface area contributed by atoms with Gasteiger partial charge in [0.25, 0.3) is 0 Å². The number of hydrogen-bond acceptors (Lipinski definition) is 4. The second kappa shape index (κ2) is 8.06. The highest BCUT2D eigenvalue weighted by Crippen LogP contribution is 2.27. The Morgan fingerprint density at radius 1 is 1.33 bits per heavy atom. The molecule has 1 aliphatic rings. The highest BCUT2D eigenvalue weighted by molar-refractivity contribution is 5.94. The SMILES string of the molecule is NC(CC1CCCCC1)C(=O)Nc1cccc(Cn2cncn2)c1. The average molecular weight is 327 g/mol. The summed E-state index contributed by atoms with van der Waals surface area (Å²) in [6.45, 7) is 0.623. The van der Waals surface area contributed by atoms with E-state index in [0.29, 0.717) is 12.5 Å². The molecular formula is C18H25N5O. The molecule has 2 aromatic rings. The standard InChI is InChI=1S/C18H25N5O/c19-17(10-14-5-2-1-3-6-14)18(24)22-16-8-4-7-15(9-16)11-23-13-20-12-21-23/h4,7-9,12-14,17H,1-3,5-6,10-11,19H2,(H,22,24). The van der Waals surface area contributed by atoms with Gasteiger partial charge in [0.1, 0.15) is 12.7 Å². The largest absolute Gasteiger partial charge is 0.325 e. The first-order valence-corrected chi connectivity index (χ1v) is 8.68. The number of nitrogens with two attached hydrogens (primary N) is 1. The lowest BCUT2D eigenvalue weighted by Gasteiger charge is -2.24. The number of carbonyl (C=O) groups excluding carboxylic acids is 1. The third kappa shape index (κ3) is 4.64. The van der Waals surface area contributed by atoms with E-state index >= 15 is 0 Å². The Morgan fingerprint density at radius 3 is 2.92 bits per heavy atom. The Balaban J connectivity index is 1.55. The molecule has 24 heavy (non-hydrogen) atoms. The van der Waals surface area contributed by atoms with Gasteiger partial charge in [-0.1, -0.05) is 44.2 Å². The van der Waals surface area contributed by atoms with Gasteiger partial charge in [0, 0.05) is 5.69 Å². The van der Waals surface area contributed by atoms with Gasteiger partial charge in [0.2, 0.25) is 5.91 Å². The van der Waals surface area contributed by atoms with E-state index in [1.54, 1.807) is 11.0 Å². The van der Waals surface area contributed by atoms with E-state index in [0.717, 1.165) is 17.7 Å². The minimum Gasteiger partial charge on any atom is -0.325 e. The smallest absolute Gasteiger partial charge is 0.241 e. The molecule has 6 nitrogen and oxygen atoms in total. The van der Waals surface area contributed by atoms with Crippen molar-refractivity contribution in [3.63, 3.8) is 0 Å². The van der Waals surface area contributed by atoms with Crippen molar-refractivity contribution in [2.75, 3.05) is 5.32 Å². The van der Waals surface area contributed by atoms with E-state index in [9.17, 15) is 4.79 Å². The fourth-order valence-corrected chi connectivity index (χ4v) is 3.37. The summed E-state index contributed by atoms with van der Waals surface area (Å²) in [5.41, 5.74) is 7.94. The number of nitrogens with one attached hydrogen (secondary N) is 1. The fraction of sp³-hybridized carbons (Fsp3) is 0.500. The molecule has 6 heteroatoms. The zero-order chi connectivity index (χ0) is 16.8. The minimum absolute atomic E-state index is 0.0986. The molecule has 3 rings (SSSR count). The molecule has 1 atom stereocenters. The first-order chi connectivity index (χ1) is 11.7. The Kier molecular flexibility index (Phi) is 5.59. The molecule has 1 aliphatic carbocycles. The Morgan fingerprint density at radius 2 is 2.17 bits per heavy atom. The highest BCUT2D eigenvalue weighted by Gasteiger charge is 2.21. The van der Waals surface area contributed by atoms with Gasteiger partial charge in [-0.25, -0.2) is 9.67 Å². The molecule has 1 saturated carbocycles. The van der Waals surface area contributed by atoms with Crippen LogP contribution < -0.4 is 11.1 Å². The van der Waals surface area contributed by atoms with Crippen LogP contribution in [-0.2, 0) is 11.3 Å². The summed E-state index contributed by atoms with van der Waals surface area (Å²) in [6, 6.07) is 7.32. The van der Waals surface area contributed by atoms with Crippen LogP contribution in [0.2, 0.25) is 0 Å². The minimum atomic E-state index is -0.438.